The predicted octanol–water partition coefficient (Wildman–Crippen LogP) is 3.21. The van der Waals surface area contributed by atoms with Crippen LogP contribution in [0.5, 0.6) is 0 Å². The van der Waals surface area contributed by atoms with Gasteiger partial charge in [0.05, 0.1) is 33.8 Å². The van der Waals surface area contributed by atoms with Crippen LogP contribution in [0, 0.1) is 13.8 Å². The Morgan fingerprint density at radius 2 is 1.96 bits per heavy atom. The highest BCUT2D eigenvalue weighted by molar-refractivity contribution is 7.15. The monoisotopic (exact) mass is 386 g/mol. The molecule has 0 aliphatic carbocycles. The summed E-state index contributed by atoms with van der Waals surface area (Å²) in [7, 11) is 0. The predicted molar refractivity (Wildman–Crippen MR) is 105 cm³/mol. The summed E-state index contributed by atoms with van der Waals surface area (Å²) in [6, 6.07) is 5.67. The van der Waals surface area contributed by atoms with E-state index in [0.29, 0.717) is 28.1 Å². The minimum atomic E-state index is -0.368. The van der Waals surface area contributed by atoms with Crippen LogP contribution in [-0.2, 0) is 4.79 Å². The number of carbonyl (C=O) groups is 2. The Balaban J connectivity index is 1.91. The molecule has 3 aromatic rings. The Bertz CT molecular complexity index is 1010. The van der Waals surface area contributed by atoms with E-state index < -0.39 is 0 Å². The van der Waals surface area contributed by atoms with Crippen LogP contribution >= 0.6 is 11.3 Å². The standard InChI is InChI=1S/C19H22N4O3S/c1-10-6-7-14(27-10)13-8-12(16-11(2)23-26-18(16)21-13)17(25)20-9-15(24)22-19(3,4)5/h6-8H,9H2,1-5H3,(H,20,25)(H,22,24). The molecule has 0 radical (unpaired) electrons. The maximum absolute atomic E-state index is 12.8. The molecule has 0 atom stereocenters. The van der Waals surface area contributed by atoms with E-state index in [4.69, 9.17) is 4.52 Å². The first-order valence-corrected chi connectivity index (χ1v) is 9.39. The molecule has 0 aliphatic heterocycles. The Hall–Kier alpha value is -2.74. The van der Waals surface area contributed by atoms with Gasteiger partial charge in [-0.05, 0) is 52.8 Å². The Kier molecular flexibility index (Phi) is 5.01. The Morgan fingerprint density at radius 1 is 1.22 bits per heavy atom. The quantitative estimate of drug-likeness (QED) is 0.718. The molecule has 27 heavy (non-hydrogen) atoms. The van der Waals surface area contributed by atoms with Gasteiger partial charge < -0.3 is 15.2 Å². The highest BCUT2D eigenvalue weighted by atomic mass is 32.1. The summed E-state index contributed by atoms with van der Waals surface area (Å²) in [5.41, 5.74) is 1.56. The molecule has 0 bridgehead atoms. The molecule has 0 unspecified atom stereocenters. The number of carbonyl (C=O) groups excluding carboxylic acids is 2. The lowest BCUT2D eigenvalue weighted by molar-refractivity contribution is -0.121. The van der Waals surface area contributed by atoms with Crippen LogP contribution in [0.3, 0.4) is 0 Å². The van der Waals surface area contributed by atoms with Crippen molar-refractivity contribution in [3.05, 3.63) is 34.3 Å². The number of hydrogen-bond donors (Lipinski definition) is 2. The van der Waals surface area contributed by atoms with Crippen LogP contribution in [-0.4, -0.2) is 34.0 Å². The van der Waals surface area contributed by atoms with Crippen LogP contribution in [0.4, 0.5) is 0 Å². The molecule has 7 nitrogen and oxygen atoms in total. The molecule has 0 fully saturated rings. The molecular weight excluding hydrogens is 364 g/mol. The number of aryl methyl sites for hydroxylation is 2. The first-order chi connectivity index (χ1) is 12.6. The second kappa shape index (κ2) is 7.11. The average Bonchev–Trinajstić information content (AvgIpc) is 3.16. The topological polar surface area (TPSA) is 97.1 Å². The van der Waals surface area contributed by atoms with Crippen molar-refractivity contribution < 1.29 is 14.1 Å². The number of aromatic nitrogens is 2. The summed E-state index contributed by atoms with van der Waals surface area (Å²) in [6.07, 6.45) is 0. The van der Waals surface area contributed by atoms with Crippen LogP contribution in [0.1, 0.15) is 41.7 Å². The lowest BCUT2D eigenvalue weighted by Gasteiger charge is -2.20. The van der Waals surface area contributed by atoms with Gasteiger partial charge in [-0.3, -0.25) is 9.59 Å². The third kappa shape index (κ3) is 4.33. The number of fused-ring (bicyclic) bond motifs is 1. The first-order valence-electron chi connectivity index (χ1n) is 8.57. The largest absolute Gasteiger partial charge is 0.350 e. The summed E-state index contributed by atoms with van der Waals surface area (Å²) < 4.78 is 5.28. The Labute approximate surface area is 161 Å². The lowest BCUT2D eigenvalue weighted by Crippen LogP contribution is -2.45. The van der Waals surface area contributed by atoms with E-state index in [0.717, 1.165) is 9.75 Å². The number of amides is 2. The van der Waals surface area contributed by atoms with Crippen molar-refractivity contribution in [3.8, 4) is 10.6 Å². The van der Waals surface area contributed by atoms with Crippen LogP contribution in [0.15, 0.2) is 22.7 Å². The second-order valence-electron chi connectivity index (χ2n) is 7.39. The maximum atomic E-state index is 12.8. The SMILES string of the molecule is Cc1ccc(-c2cc(C(=O)NCC(=O)NC(C)(C)C)c3c(C)noc3n2)s1. The van der Waals surface area contributed by atoms with Gasteiger partial charge in [0.2, 0.25) is 5.91 Å². The van der Waals surface area contributed by atoms with E-state index >= 15 is 0 Å². The van der Waals surface area contributed by atoms with E-state index in [9.17, 15) is 9.59 Å². The van der Waals surface area contributed by atoms with Gasteiger partial charge >= 0.3 is 0 Å². The van der Waals surface area contributed by atoms with E-state index in [1.165, 1.54) is 0 Å². The Morgan fingerprint density at radius 3 is 2.59 bits per heavy atom. The third-order valence-corrected chi connectivity index (χ3v) is 4.80. The van der Waals surface area contributed by atoms with E-state index in [-0.39, 0.29) is 23.9 Å². The van der Waals surface area contributed by atoms with Crippen LogP contribution in [0.25, 0.3) is 21.7 Å². The van der Waals surface area contributed by atoms with Crippen molar-refractivity contribution >= 4 is 34.3 Å². The zero-order valence-electron chi connectivity index (χ0n) is 16.0. The summed E-state index contributed by atoms with van der Waals surface area (Å²) in [5.74, 6) is -0.621. The summed E-state index contributed by atoms with van der Waals surface area (Å²) in [5, 5.41) is 9.97. The molecule has 2 amide bonds. The maximum Gasteiger partial charge on any atom is 0.259 e. The summed E-state index contributed by atoms with van der Waals surface area (Å²) in [4.78, 5) is 31.3. The zero-order valence-corrected chi connectivity index (χ0v) is 16.8. The minimum absolute atomic E-state index is 0.113. The van der Waals surface area contributed by atoms with Gasteiger partial charge in [-0.1, -0.05) is 5.16 Å². The normalized spacial score (nSPS) is 11.6. The number of rotatable bonds is 4. The molecular formula is C19H22N4O3S. The molecule has 3 rings (SSSR count). The molecule has 3 heterocycles. The number of nitrogens with zero attached hydrogens (tertiary/aromatic N) is 2. The number of pyridine rings is 1. The van der Waals surface area contributed by atoms with Gasteiger partial charge in [0.25, 0.3) is 11.6 Å². The van der Waals surface area contributed by atoms with Crippen molar-refractivity contribution in [2.75, 3.05) is 6.54 Å². The van der Waals surface area contributed by atoms with Crippen molar-refractivity contribution in [1.29, 1.82) is 0 Å². The summed E-state index contributed by atoms with van der Waals surface area (Å²) in [6.45, 7) is 9.30. The molecule has 0 spiro atoms. The fourth-order valence-electron chi connectivity index (χ4n) is 2.69. The number of nitrogens with one attached hydrogen (secondary N) is 2. The third-order valence-electron chi connectivity index (χ3n) is 3.78. The molecule has 142 valence electrons. The fraction of sp³-hybridized carbons (Fsp3) is 0.368. The minimum Gasteiger partial charge on any atom is -0.350 e. The molecule has 0 saturated heterocycles. The molecule has 8 heteroatoms. The van der Waals surface area contributed by atoms with Crippen molar-refractivity contribution in [2.24, 2.45) is 0 Å². The fourth-order valence-corrected chi connectivity index (χ4v) is 3.52. The van der Waals surface area contributed by atoms with Crippen LogP contribution in [0.2, 0.25) is 0 Å². The average molecular weight is 386 g/mol. The molecule has 2 N–H and O–H groups in total. The van der Waals surface area contributed by atoms with E-state index in [1.807, 2.05) is 39.8 Å². The van der Waals surface area contributed by atoms with Crippen molar-refractivity contribution in [2.45, 2.75) is 40.2 Å². The first kappa shape index (κ1) is 19.0. The smallest absolute Gasteiger partial charge is 0.259 e. The van der Waals surface area contributed by atoms with Crippen molar-refractivity contribution in [3.63, 3.8) is 0 Å². The molecule has 0 saturated carbocycles. The van der Waals surface area contributed by atoms with Gasteiger partial charge in [-0.25, -0.2) is 4.98 Å². The lowest BCUT2D eigenvalue weighted by atomic mass is 10.1. The van der Waals surface area contributed by atoms with Crippen molar-refractivity contribution in [1.82, 2.24) is 20.8 Å². The van der Waals surface area contributed by atoms with Crippen LogP contribution < -0.4 is 10.6 Å². The number of thiophene rings is 1. The van der Waals surface area contributed by atoms with Gasteiger partial charge in [0.1, 0.15) is 0 Å². The van der Waals surface area contributed by atoms with E-state index in [1.54, 1.807) is 24.3 Å². The highest BCUT2D eigenvalue weighted by Crippen LogP contribution is 2.30. The van der Waals surface area contributed by atoms with Gasteiger partial charge in [-0.2, -0.15) is 0 Å². The second-order valence-corrected chi connectivity index (χ2v) is 8.68. The highest BCUT2D eigenvalue weighted by Gasteiger charge is 2.21. The number of hydrogen-bond acceptors (Lipinski definition) is 6. The molecule has 3 aromatic heterocycles. The van der Waals surface area contributed by atoms with Gasteiger partial charge in [0, 0.05) is 10.4 Å². The van der Waals surface area contributed by atoms with E-state index in [2.05, 4.69) is 20.8 Å². The zero-order chi connectivity index (χ0) is 19.8. The van der Waals surface area contributed by atoms with Gasteiger partial charge in [-0.15, -0.1) is 11.3 Å². The molecule has 0 aliphatic rings. The van der Waals surface area contributed by atoms with Gasteiger partial charge in [0.15, 0.2) is 0 Å². The summed E-state index contributed by atoms with van der Waals surface area (Å²) >= 11 is 1.58. The molecule has 0 aromatic carbocycles.